The van der Waals surface area contributed by atoms with Crippen LogP contribution >= 0.6 is 23.2 Å². The molecular weight excluding hydrogens is 517 g/mol. The number of carbonyl (C=O) groups is 2. The summed E-state index contributed by atoms with van der Waals surface area (Å²) in [5.41, 5.74) is 6.61. The van der Waals surface area contributed by atoms with Crippen molar-refractivity contribution in [2.24, 2.45) is 0 Å². The smallest absolute Gasteiger partial charge is 0.257 e. The average Bonchev–Trinajstić information content (AvgIpc) is 3.27. The number of rotatable bonds is 4. The second-order valence-corrected chi connectivity index (χ2v) is 10.4. The van der Waals surface area contributed by atoms with Crippen molar-refractivity contribution >= 4 is 46.4 Å². The van der Waals surface area contributed by atoms with E-state index in [4.69, 9.17) is 23.2 Å². The predicted octanol–water partition coefficient (Wildman–Crippen LogP) is 6.71. The molecule has 2 amide bonds. The zero-order chi connectivity index (χ0) is 26.2. The summed E-state index contributed by atoms with van der Waals surface area (Å²) in [6, 6.07) is 29.0. The number of benzene rings is 4. The molecule has 1 heterocycles. The maximum Gasteiger partial charge on any atom is 0.257 e. The van der Waals surface area contributed by atoms with Crippen LogP contribution in [0.1, 0.15) is 27.4 Å². The quantitative estimate of drug-likeness (QED) is 0.312. The second kappa shape index (κ2) is 10.2. The second-order valence-electron chi connectivity index (χ2n) is 9.55. The Hall–Kier alpha value is -3.80. The van der Waals surface area contributed by atoms with Crippen LogP contribution in [0.15, 0.2) is 91.0 Å². The van der Waals surface area contributed by atoms with E-state index in [1.165, 1.54) is 0 Å². The fourth-order valence-corrected chi connectivity index (χ4v) is 5.91. The number of nitrogens with one attached hydrogen (secondary N) is 1. The lowest BCUT2D eigenvalue weighted by Crippen LogP contribution is -2.50. The zero-order valence-electron chi connectivity index (χ0n) is 20.5. The van der Waals surface area contributed by atoms with Gasteiger partial charge in [-0.2, -0.15) is 0 Å². The van der Waals surface area contributed by atoms with E-state index in [1.54, 1.807) is 18.2 Å². The molecule has 0 unspecified atom stereocenters. The number of halogens is 2. The Balaban J connectivity index is 1.10. The van der Waals surface area contributed by atoms with E-state index in [1.807, 2.05) is 53.4 Å². The van der Waals surface area contributed by atoms with Gasteiger partial charge in [0.1, 0.15) is 0 Å². The summed E-state index contributed by atoms with van der Waals surface area (Å²) in [6.07, 6.45) is 0. The Morgan fingerprint density at radius 3 is 1.95 bits per heavy atom. The summed E-state index contributed by atoms with van der Waals surface area (Å²) >= 11 is 12.1. The molecule has 0 radical (unpaired) electrons. The van der Waals surface area contributed by atoms with Crippen molar-refractivity contribution in [3.05, 3.63) is 118 Å². The van der Waals surface area contributed by atoms with Crippen LogP contribution in [0.4, 0.5) is 11.4 Å². The van der Waals surface area contributed by atoms with E-state index in [0.717, 1.165) is 41.0 Å². The summed E-state index contributed by atoms with van der Waals surface area (Å²) in [5.74, 6) is -0.367. The zero-order valence-corrected chi connectivity index (χ0v) is 22.0. The fourth-order valence-electron chi connectivity index (χ4n) is 5.42. The van der Waals surface area contributed by atoms with Crippen LogP contribution in [0, 0.1) is 0 Å². The minimum atomic E-state index is -0.290. The van der Waals surface area contributed by atoms with Gasteiger partial charge in [-0.3, -0.25) is 9.59 Å². The highest BCUT2D eigenvalue weighted by Crippen LogP contribution is 2.45. The molecule has 0 bridgehead atoms. The molecule has 0 aromatic heterocycles. The number of nitrogens with zero attached hydrogens (tertiary/aromatic N) is 2. The number of amides is 2. The van der Waals surface area contributed by atoms with E-state index < -0.39 is 0 Å². The molecule has 7 heteroatoms. The highest BCUT2D eigenvalue weighted by Gasteiger charge is 2.36. The lowest BCUT2D eigenvalue weighted by atomic mass is 9.95. The number of carbonyl (C=O) groups excluding carboxylic acids is 2. The van der Waals surface area contributed by atoms with Gasteiger partial charge in [0.05, 0.1) is 16.5 Å². The van der Waals surface area contributed by atoms with Crippen LogP contribution in [0.25, 0.3) is 11.1 Å². The van der Waals surface area contributed by atoms with Crippen molar-refractivity contribution in [2.45, 2.75) is 5.92 Å². The first-order valence-electron chi connectivity index (χ1n) is 12.6. The number of fused-ring (bicyclic) bond motifs is 3. The monoisotopic (exact) mass is 541 g/mol. The lowest BCUT2D eigenvalue weighted by Gasteiger charge is -2.37. The van der Waals surface area contributed by atoms with Crippen molar-refractivity contribution in [3.63, 3.8) is 0 Å². The molecule has 1 aliphatic heterocycles. The Bertz CT molecular complexity index is 1480. The van der Waals surface area contributed by atoms with Gasteiger partial charge in [-0.1, -0.05) is 71.7 Å². The molecule has 6 rings (SSSR count). The van der Waals surface area contributed by atoms with Crippen LogP contribution < -0.4 is 10.2 Å². The minimum absolute atomic E-state index is 0.168. The van der Waals surface area contributed by atoms with Crippen molar-refractivity contribution in [3.8, 4) is 11.1 Å². The standard InChI is InChI=1S/C31H25Cl2N3O2/c32-20-9-14-27(28(33)19-20)30(37)34-21-10-12-22(13-11-21)35-15-17-36(18-16-35)31(38)29-25-7-3-1-5-23(25)24-6-2-4-8-26(24)29/h1-14,19,29H,15-18H2,(H,34,37). The summed E-state index contributed by atoms with van der Waals surface area (Å²) < 4.78 is 0. The van der Waals surface area contributed by atoms with Gasteiger partial charge in [0.25, 0.3) is 5.91 Å². The Morgan fingerprint density at radius 1 is 0.737 bits per heavy atom. The van der Waals surface area contributed by atoms with Gasteiger partial charge in [0.2, 0.25) is 5.91 Å². The third-order valence-corrected chi connectivity index (χ3v) is 7.89. The van der Waals surface area contributed by atoms with Gasteiger partial charge < -0.3 is 15.1 Å². The van der Waals surface area contributed by atoms with Gasteiger partial charge >= 0.3 is 0 Å². The van der Waals surface area contributed by atoms with Gasteiger partial charge in [0.15, 0.2) is 0 Å². The van der Waals surface area contributed by atoms with Crippen molar-refractivity contribution in [2.75, 3.05) is 36.4 Å². The van der Waals surface area contributed by atoms with Crippen LogP contribution in [0.2, 0.25) is 10.0 Å². The molecule has 5 nitrogen and oxygen atoms in total. The van der Waals surface area contributed by atoms with Crippen LogP contribution in [0.5, 0.6) is 0 Å². The molecule has 1 saturated heterocycles. The molecule has 190 valence electrons. The Kier molecular flexibility index (Phi) is 6.56. The summed E-state index contributed by atoms with van der Waals surface area (Å²) in [4.78, 5) is 30.6. The molecule has 0 spiro atoms. The summed E-state index contributed by atoms with van der Waals surface area (Å²) in [7, 11) is 0. The molecule has 2 aliphatic rings. The van der Waals surface area contributed by atoms with Crippen molar-refractivity contribution in [1.82, 2.24) is 4.90 Å². The van der Waals surface area contributed by atoms with Crippen molar-refractivity contribution < 1.29 is 9.59 Å². The molecule has 0 atom stereocenters. The highest BCUT2D eigenvalue weighted by molar-refractivity contribution is 6.37. The Morgan fingerprint density at radius 2 is 1.34 bits per heavy atom. The number of piperazine rings is 1. The molecular formula is C31H25Cl2N3O2. The molecule has 4 aromatic carbocycles. The highest BCUT2D eigenvalue weighted by atomic mass is 35.5. The SMILES string of the molecule is O=C(Nc1ccc(N2CCN(C(=O)C3c4ccccc4-c4ccccc43)CC2)cc1)c1ccc(Cl)cc1Cl. The summed E-state index contributed by atoms with van der Waals surface area (Å²) in [6.45, 7) is 2.81. The van der Waals surface area contributed by atoms with Gasteiger partial charge in [-0.05, 0) is 64.7 Å². The van der Waals surface area contributed by atoms with E-state index >= 15 is 0 Å². The maximum absolute atomic E-state index is 13.7. The predicted molar refractivity (Wildman–Crippen MR) is 153 cm³/mol. The largest absolute Gasteiger partial charge is 0.368 e. The normalized spacial score (nSPS) is 14.7. The van der Waals surface area contributed by atoms with Gasteiger partial charge in [-0.15, -0.1) is 0 Å². The van der Waals surface area contributed by atoms with Crippen LogP contribution in [0.3, 0.4) is 0 Å². The number of anilines is 2. The molecule has 1 N–H and O–H groups in total. The first kappa shape index (κ1) is 24.5. The minimum Gasteiger partial charge on any atom is -0.368 e. The molecule has 4 aromatic rings. The van der Waals surface area contributed by atoms with Crippen LogP contribution in [-0.4, -0.2) is 42.9 Å². The lowest BCUT2D eigenvalue weighted by molar-refractivity contribution is -0.132. The first-order chi connectivity index (χ1) is 18.5. The third kappa shape index (κ3) is 4.53. The topological polar surface area (TPSA) is 52.7 Å². The molecule has 38 heavy (non-hydrogen) atoms. The molecule has 1 aliphatic carbocycles. The third-order valence-electron chi connectivity index (χ3n) is 7.34. The summed E-state index contributed by atoms with van der Waals surface area (Å²) in [5, 5.41) is 3.67. The van der Waals surface area contributed by atoms with E-state index in [0.29, 0.717) is 34.4 Å². The average molecular weight is 542 g/mol. The van der Waals surface area contributed by atoms with E-state index in [9.17, 15) is 9.59 Å². The van der Waals surface area contributed by atoms with E-state index in [-0.39, 0.29) is 17.7 Å². The Labute approximate surface area is 231 Å². The van der Waals surface area contributed by atoms with Crippen molar-refractivity contribution in [1.29, 1.82) is 0 Å². The van der Waals surface area contributed by atoms with E-state index in [2.05, 4.69) is 34.5 Å². The van der Waals surface area contributed by atoms with Gasteiger partial charge in [-0.25, -0.2) is 0 Å². The number of hydrogen-bond acceptors (Lipinski definition) is 3. The number of hydrogen-bond donors (Lipinski definition) is 1. The fraction of sp³-hybridized carbons (Fsp3) is 0.161. The molecule has 0 saturated carbocycles. The first-order valence-corrected chi connectivity index (χ1v) is 13.3. The van der Waals surface area contributed by atoms with Gasteiger partial charge in [0, 0.05) is 42.6 Å². The van der Waals surface area contributed by atoms with Crippen LogP contribution in [-0.2, 0) is 4.79 Å². The molecule has 1 fully saturated rings. The maximum atomic E-state index is 13.7.